The fourth-order valence-electron chi connectivity index (χ4n) is 8.54. The Balaban J connectivity index is 1.32. The smallest absolute Gasteiger partial charge is 0.309 e. The Labute approximate surface area is 342 Å². The van der Waals surface area contributed by atoms with Crippen LogP contribution in [0.25, 0.3) is 93.2 Å². The highest BCUT2D eigenvalue weighted by atomic mass is 19.4. The summed E-state index contributed by atoms with van der Waals surface area (Å²) in [5.74, 6) is 0. The third-order valence-corrected chi connectivity index (χ3v) is 11.2. The molecule has 8 heteroatoms. The van der Waals surface area contributed by atoms with Crippen LogP contribution in [0.1, 0.15) is 16.7 Å². The second-order valence-corrected chi connectivity index (χ2v) is 14.6. The number of para-hydroxylation sites is 2. The van der Waals surface area contributed by atoms with Crippen LogP contribution in [0.5, 0.6) is 0 Å². The van der Waals surface area contributed by atoms with Gasteiger partial charge < -0.3 is 9.13 Å². The normalized spacial score (nSPS) is 11.5. The summed E-state index contributed by atoms with van der Waals surface area (Å²) in [6.45, 7) is 7.53. The molecule has 282 valence electrons. The molecule has 0 unspecified atom stereocenters. The molecule has 5 nitrogen and oxygen atoms in total. The predicted molar refractivity (Wildman–Crippen MR) is 232 cm³/mol. The van der Waals surface area contributed by atoms with Crippen LogP contribution >= 0.6 is 0 Å². The van der Waals surface area contributed by atoms with Gasteiger partial charge >= 0.3 is 6.18 Å². The van der Waals surface area contributed by atoms with E-state index in [0.717, 1.165) is 43.8 Å². The van der Waals surface area contributed by atoms with Crippen LogP contribution in [0.15, 0.2) is 170 Å². The molecule has 0 aliphatic heterocycles. The van der Waals surface area contributed by atoms with Crippen molar-refractivity contribution in [2.24, 2.45) is 0 Å². The van der Waals surface area contributed by atoms with Gasteiger partial charge in [0, 0.05) is 21.5 Å². The lowest BCUT2D eigenvalue weighted by Crippen LogP contribution is -2.16. The maximum Gasteiger partial charge on any atom is 0.420 e. The van der Waals surface area contributed by atoms with Gasteiger partial charge in [0.05, 0.1) is 63.3 Å². The summed E-state index contributed by atoms with van der Waals surface area (Å²) >= 11 is 0. The summed E-state index contributed by atoms with van der Waals surface area (Å²) in [6.07, 6.45) is -4.84. The number of benzene rings is 8. The molecule has 10 rings (SSSR count). The number of fused-ring (bicyclic) bond motifs is 6. The third-order valence-electron chi connectivity index (χ3n) is 11.2. The summed E-state index contributed by atoms with van der Waals surface area (Å²) < 4.78 is 52.4. The first-order valence-electron chi connectivity index (χ1n) is 19.1. The van der Waals surface area contributed by atoms with E-state index in [1.807, 2.05) is 109 Å². The lowest BCUT2D eigenvalue weighted by atomic mass is 9.98. The summed E-state index contributed by atoms with van der Waals surface area (Å²) in [7, 11) is 0. The Morgan fingerprint density at radius 1 is 0.433 bits per heavy atom. The molecule has 0 N–H and O–H groups in total. The number of hydrogen-bond acceptors (Lipinski definition) is 2. The van der Waals surface area contributed by atoms with Crippen molar-refractivity contribution in [3.8, 4) is 56.9 Å². The molecule has 0 atom stereocenters. The molecule has 0 amide bonds. The van der Waals surface area contributed by atoms with E-state index in [4.69, 9.17) is 6.57 Å². The number of nitrogens with zero attached hydrogens (tertiary/aromatic N) is 5. The fourth-order valence-corrected chi connectivity index (χ4v) is 8.54. The molecule has 0 saturated carbocycles. The summed E-state index contributed by atoms with van der Waals surface area (Å²) in [5.41, 5.74) is 7.13. The average Bonchev–Trinajstić information content (AvgIpc) is 3.80. The zero-order valence-electron chi connectivity index (χ0n) is 31.5. The minimum absolute atomic E-state index is 0.0674. The zero-order valence-corrected chi connectivity index (χ0v) is 31.5. The lowest BCUT2D eigenvalue weighted by Gasteiger charge is -2.23. The summed E-state index contributed by atoms with van der Waals surface area (Å²) in [4.78, 5) is 3.59. The van der Waals surface area contributed by atoms with Gasteiger partial charge in [-0.25, -0.2) is 4.85 Å². The highest BCUT2D eigenvalue weighted by Gasteiger charge is 2.39. The van der Waals surface area contributed by atoms with Crippen molar-refractivity contribution >= 4 is 49.3 Å². The van der Waals surface area contributed by atoms with Crippen LogP contribution in [-0.4, -0.2) is 9.13 Å². The minimum Gasteiger partial charge on any atom is -0.309 e. The topological polar surface area (TPSA) is 61.8 Å². The largest absolute Gasteiger partial charge is 0.420 e. The molecule has 2 heterocycles. The van der Waals surface area contributed by atoms with Gasteiger partial charge in [-0.05, 0) is 112 Å². The number of halogens is 3. The molecule has 0 fully saturated rings. The van der Waals surface area contributed by atoms with Crippen molar-refractivity contribution in [3.05, 3.63) is 198 Å². The first-order chi connectivity index (χ1) is 29.2. The Morgan fingerprint density at radius 3 is 1.35 bits per heavy atom. The Kier molecular flexibility index (Phi) is 8.35. The summed E-state index contributed by atoms with van der Waals surface area (Å²) in [6, 6.07) is 55.2. The van der Waals surface area contributed by atoms with E-state index in [0.29, 0.717) is 50.0 Å². The fraction of sp³-hybridized carbons (Fsp3) is 0.0192. The molecule has 0 bridgehead atoms. The molecule has 0 saturated heterocycles. The second-order valence-electron chi connectivity index (χ2n) is 14.6. The quantitative estimate of drug-likeness (QED) is 0.163. The van der Waals surface area contributed by atoms with Gasteiger partial charge in [-0.2, -0.15) is 23.7 Å². The van der Waals surface area contributed by atoms with Crippen molar-refractivity contribution in [1.82, 2.24) is 9.13 Å². The van der Waals surface area contributed by atoms with E-state index in [1.54, 1.807) is 69.8 Å². The van der Waals surface area contributed by atoms with Gasteiger partial charge in [0.25, 0.3) is 0 Å². The van der Waals surface area contributed by atoms with Crippen molar-refractivity contribution in [2.45, 2.75) is 6.18 Å². The van der Waals surface area contributed by atoms with Crippen LogP contribution in [0.3, 0.4) is 0 Å². The molecule has 8 aromatic carbocycles. The van der Waals surface area contributed by atoms with Crippen molar-refractivity contribution in [3.63, 3.8) is 0 Å². The maximum absolute atomic E-state index is 16.3. The van der Waals surface area contributed by atoms with Crippen molar-refractivity contribution < 1.29 is 13.2 Å². The van der Waals surface area contributed by atoms with Gasteiger partial charge in [0.2, 0.25) is 0 Å². The molecular weight excluding hydrogens is 752 g/mol. The molecule has 10 aromatic rings. The maximum atomic E-state index is 16.3. The Morgan fingerprint density at radius 2 is 0.867 bits per heavy atom. The van der Waals surface area contributed by atoms with E-state index in [2.05, 4.69) is 17.0 Å². The van der Waals surface area contributed by atoms with E-state index in [-0.39, 0.29) is 11.4 Å². The molecule has 0 aliphatic rings. The number of alkyl halides is 3. The standard InChI is InChI=1S/C52H28F3N5/c1-58-40-14-8-13-36(25-40)38-20-22-48-44(27-38)42-16-3-5-18-46(42)60(48)50-29-39(35-12-7-10-33(24-35)31-57)28-49(51(50)52(53,54)55)59-45-17-4-2-15-41(45)43-26-37(19-21-47(43)59)34-11-6-9-32(23-34)30-56/h2-29H. The van der Waals surface area contributed by atoms with Gasteiger partial charge in [-0.15, -0.1) is 0 Å². The van der Waals surface area contributed by atoms with E-state index in [1.165, 1.54) is 0 Å². The van der Waals surface area contributed by atoms with Crippen molar-refractivity contribution in [2.75, 3.05) is 0 Å². The van der Waals surface area contributed by atoms with Gasteiger partial charge in [-0.3, -0.25) is 0 Å². The highest BCUT2D eigenvalue weighted by molar-refractivity contribution is 6.12. The third kappa shape index (κ3) is 5.85. The van der Waals surface area contributed by atoms with E-state index >= 15 is 13.2 Å². The Hall–Kier alpha value is -8.38. The highest BCUT2D eigenvalue weighted by Crippen LogP contribution is 2.47. The second kappa shape index (κ2) is 13.9. The average molecular weight is 780 g/mol. The van der Waals surface area contributed by atoms with Crippen LogP contribution in [0.2, 0.25) is 0 Å². The molecule has 0 aliphatic carbocycles. The number of rotatable bonds is 5. The van der Waals surface area contributed by atoms with Gasteiger partial charge in [0.1, 0.15) is 5.56 Å². The minimum atomic E-state index is -4.84. The van der Waals surface area contributed by atoms with E-state index in [9.17, 15) is 10.5 Å². The number of aromatic nitrogens is 2. The first kappa shape index (κ1) is 36.0. The molecule has 0 spiro atoms. The zero-order chi connectivity index (χ0) is 41.1. The van der Waals surface area contributed by atoms with Crippen LogP contribution in [-0.2, 0) is 6.18 Å². The molecule has 60 heavy (non-hydrogen) atoms. The lowest BCUT2D eigenvalue weighted by molar-refractivity contribution is -0.137. The van der Waals surface area contributed by atoms with Gasteiger partial charge in [-0.1, -0.05) is 91.0 Å². The number of hydrogen-bond donors (Lipinski definition) is 0. The van der Waals surface area contributed by atoms with Crippen molar-refractivity contribution in [1.29, 1.82) is 10.5 Å². The number of nitriles is 2. The SMILES string of the molecule is [C-]#[N+]c1cccc(-c2ccc3c(c2)c2ccccc2n3-c2cc(-c3cccc(C#N)c3)cc(-n3c4ccccc4c4cc(-c5cccc(C#N)c5)ccc43)c2C(F)(F)F)c1. The first-order valence-corrected chi connectivity index (χ1v) is 19.1. The van der Waals surface area contributed by atoms with E-state index < -0.39 is 11.7 Å². The summed E-state index contributed by atoms with van der Waals surface area (Å²) in [5, 5.41) is 22.5. The van der Waals surface area contributed by atoms with Crippen LogP contribution in [0.4, 0.5) is 18.9 Å². The van der Waals surface area contributed by atoms with Crippen LogP contribution < -0.4 is 0 Å². The monoisotopic (exact) mass is 779 g/mol. The Bertz CT molecular complexity index is 3330. The molecule has 0 radical (unpaired) electrons. The molecule has 2 aromatic heterocycles. The molecular formula is C52H28F3N5. The van der Waals surface area contributed by atoms with Crippen LogP contribution in [0, 0.1) is 29.2 Å². The predicted octanol–water partition coefficient (Wildman–Crippen LogP) is 14.2. The van der Waals surface area contributed by atoms with Gasteiger partial charge in [0.15, 0.2) is 5.69 Å².